The highest BCUT2D eigenvalue weighted by molar-refractivity contribution is 5.53. The Labute approximate surface area is 198 Å². The first-order valence-corrected chi connectivity index (χ1v) is 11.1. The van der Waals surface area contributed by atoms with Crippen LogP contribution in [0.1, 0.15) is 38.8 Å². The molecule has 0 atom stereocenters. The molecule has 0 N–H and O–H groups in total. The van der Waals surface area contributed by atoms with Gasteiger partial charge in [-0.1, -0.05) is 72.9 Å². The van der Waals surface area contributed by atoms with Crippen molar-refractivity contribution in [1.29, 1.82) is 0 Å². The van der Waals surface area contributed by atoms with E-state index < -0.39 is 5.92 Å². The lowest BCUT2D eigenvalue weighted by atomic mass is 9.99. The summed E-state index contributed by atoms with van der Waals surface area (Å²) in [6.45, 7) is 26.3. The molecule has 2 aromatic rings. The molecule has 0 spiro atoms. The van der Waals surface area contributed by atoms with Gasteiger partial charge in [0.2, 0.25) is 0 Å². The molecule has 0 radical (unpaired) electrons. The Hall–Kier alpha value is -3.14. The Kier molecular flexibility index (Phi) is 8.81. The number of nitrogens with zero attached hydrogens (tertiary/aromatic N) is 2. The second kappa shape index (κ2) is 11.1. The van der Waals surface area contributed by atoms with Crippen molar-refractivity contribution < 1.29 is 8.78 Å². The van der Waals surface area contributed by atoms with Crippen molar-refractivity contribution in [2.75, 3.05) is 36.0 Å². The number of rotatable bonds is 12. The van der Waals surface area contributed by atoms with Crippen molar-refractivity contribution in [3.8, 4) is 0 Å². The van der Waals surface area contributed by atoms with Gasteiger partial charge in [0, 0.05) is 48.7 Å². The number of anilines is 2. The quantitative estimate of drug-likeness (QED) is 0.305. The van der Waals surface area contributed by atoms with Crippen LogP contribution in [-0.2, 0) is 5.92 Å². The summed E-state index contributed by atoms with van der Waals surface area (Å²) in [6.07, 6.45) is 0. The van der Waals surface area contributed by atoms with E-state index in [4.69, 9.17) is 0 Å². The predicted molar refractivity (Wildman–Crippen MR) is 140 cm³/mol. The van der Waals surface area contributed by atoms with E-state index in [1.807, 2.05) is 27.7 Å². The van der Waals surface area contributed by atoms with Crippen LogP contribution < -0.4 is 9.80 Å². The van der Waals surface area contributed by atoms with E-state index in [1.165, 1.54) is 24.3 Å². The first-order chi connectivity index (χ1) is 15.4. The zero-order valence-corrected chi connectivity index (χ0v) is 20.4. The molecule has 0 amide bonds. The third kappa shape index (κ3) is 7.45. The van der Waals surface area contributed by atoms with Crippen molar-refractivity contribution in [3.05, 3.63) is 108 Å². The molecular weight excluding hydrogens is 414 g/mol. The van der Waals surface area contributed by atoms with E-state index in [0.29, 0.717) is 26.2 Å². The summed E-state index contributed by atoms with van der Waals surface area (Å²) in [5.41, 5.74) is 5.65. The number of hydrogen-bond acceptors (Lipinski definition) is 2. The molecule has 0 aliphatic rings. The van der Waals surface area contributed by atoms with Gasteiger partial charge >= 0.3 is 0 Å². The summed E-state index contributed by atoms with van der Waals surface area (Å²) >= 11 is 0. The molecule has 0 saturated heterocycles. The molecule has 0 aromatic heterocycles. The van der Waals surface area contributed by atoms with E-state index in [2.05, 4.69) is 36.1 Å². The van der Waals surface area contributed by atoms with Gasteiger partial charge in [0.1, 0.15) is 0 Å². The predicted octanol–water partition coefficient (Wildman–Crippen LogP) is 7.74. The lowest BCUT2D eigenvalue weighted by Gasteiger charge is -2.27. The molecule has 2 rings (SSSR count). The largest absolute Gasteiger partial charge is 0.364 e. The van der Waals surface area contributed by atoms with Gasteiger partial charge in [-0.3, -0.25) is 0 Å². The summed E-state index contributed by atoms with van der Waals surface area (Å²) in [5.74, 6) is -3.10. The molecule has 0 fully saturated rings. The van der Waals surface area contributed by atoms with Gasteiger partial charge in [-0.05, 0) is 52.0 Å². The fourth-order valence-electron chi connectivity index (χ4n) is 3.71. The number of halogens is 2. The monoisotopic (exact) mass is 450 g/mol. The van der Waals surface area contributed by atoms with Crippen LogP contribution >= 0.6 is 0 Å². The fraction of sp³-hybridized carbons (Fsp3) is 0.310. The maximum absolute atomic E-state index is 15.3. The normalized spacial score (nSPS) is 11.1. The van der Waals surface area contributed by atoms with Crippen molar-refractivity contribution in [1.82, 2.24) is 0 Å². The maximum Gasteiger partial charge on any atom is 0.298 e. The zero-order chi connectivity index (χ0) is 24.8. The molecular formula is C29H36F2N2. The summed E-state index contributed by atoms with van der Waals surface area (Å²) in [6, 6.07) is 13.0. The molecule has 0 heterocycles. The first-order valence-electron chi connectivity index (χ1n) is 11.1. The van der Waals surface area contributed by atoms with E-state index >= 15 is 8.78 Å². The topological polar surface area (TPSA) is 6.48 Å². The Morgan fingerprint density at radius 3 is 1.03 bits per heavy atom. The summed E-state index contributed by atoms with van der Waals surface area (Å²) < 4.78 is 30.6. The fourth-order valence-corrected chi connectivity index (χ4v) is 3.71. The average Bonchev–Trinajstić information content (AvgIpc) is 2.71. The minimum atomic E-state index is -3.10. The van der Waals surface area contributed by atoms with Gasteiger partial charge in [-0.2, -0.15) is 8.78 Å². The highest BCUT2D eigenvalue weighted by Crippen LogP contribution is 2.37. The van der Waals surface area contributed by atoms with E-state index in [9.17, 15) is 0 Å². The molecule has 0 unspecified atom stereocenters. The van der Waals surface area contributed by atoms with Crippen molar-refractivity contribution in [2.45, 2.75) is 33.6 Å². The van der Waals surface area contributed by atoms with Crippen LogP contribution in [0.4, 0.5) is 20.2 Å². The molecule has 176 valence electrons. The molecule has 2 aromatic carbocycles. The van der Waals surface area contributed by atoms with Crippen LogP contribution in [0, 0.1) is 0 Å². The smallest absolute Gasteiger partial charge is 0.298 e. The van der Waals surface area contributed by atoms with E-state index in [1.54, 1.807) is 24.3 Å². The first kappa shape index (κ1) is 26.1. The number of benzene rings is 2. The van der Waals surface area contributed by atoms with E-state index in [-0.39, 0.29) is 11.1 Å². The van der Waals surface area contributed by atoms with Gasteiger partial charge in [-0.25, -0.2) is 0 Å². The third-order valence-electron chi connectivity index (χ3n) is 5.03. The third-order valence-corrected chi connectivity index (χ3v) is 5.03. The molecule has 0 aliphatic heterocycles. The Morgan fingerprint density at radius 2 is 0.818 bits per heavy atom. The van der Waals surface area contributed by atoms with E-state index in [0.717, 1.165) is 33.7 Å². The zero-order valence-electron chi connectivity index (χ0n) is 20.4. The minimum absolute atomic E-state index is 0.0367. The average molecular weight is 451 g/mol. The van der Waals surface area contributed by atoms with Crippen LogP contribution in [0.15, 0.2) is 97.1 Å². The Bertz CT molecular complexity index is 887. The van der Waals surface area contributed by atoms with Crippen LogP contribution in [0.25, 0.3) is 0 Å². The standard InChI is InChI=1S/C29H36F2N2/c1-21(2)17-32(18-22(3)4)27-13-9-25(10-14-27)29(30,31)26-11-15-28(16-12-26)33(19-23(5)6)20-24(7)8/h9-16H,1,3,5,7,17-20H2,2,4,6,8H3. The highest BCUT2D eigenvalue weighted by Gasteiger charge is 2.34. The molecule has 0 aliphatic carbocycles. The van der Waals surface area contributed by atoms with Crippen LogP contribution in [0.2, 0.25) is 0 Å². The van der Waals surface area contributed by atoms with Crippen molar-refractivity contribution in [2.24, 2.45) is 0 Å². The molecule has 0 saturated carbocycles. The van der Waals surface area contributed by atoms with Gasteiger partial charge in [0.05, 0.1) is 0 Å². The van der Waals surface area contributed by atoms with Crippen LogP contribution in [-0.4, -0.2) is 26.2 Å². The Balaban J connectivity index is 2.28. The molecule has 2 nitrogen and oxygen atoms in total. The highest BCUT2D eigenvalue weighted by atomic mass is 19.3. The van der Waals surface area contributed by atoms with Gasteiger partial charge in [0.25, 0.3) is 5.92 Å². The van der Waals surface area contributed by atoms with Crippen molar-refractivity contribution in [3.63, 3.8) is 0 Å². The maximum atomic E-state index is 15.3. The van der Waals surface area contributed by atoms with Gasteiger partial charge < -0.3 is 9.80 Å². The van der Waals surface area contributed by atoms with Crippen LogP contribution in [0.3, 0.4) is 0 Å². The van der Waals surface area contributed by atoms with Gasteiger partial charge in [-0.15, -0.1) is 0 Å². The second-order valence-corrected chi connectivity index (χ2v) is 9.21. The lowest BCUT2D eigenvalue weighted by molar-refractivity contribution is 0.0428. The summed E-state index contributed by atoms with van der Waals surface area (Å²) in [7, 11) is 0. The molecule has 0 bridgehead atoms. The molecule has 33 heavy (non-hydrogen) atoms. The molecule has 4 heteroatoms. The number of alkyl halides is 2. The minimum Gasteiger partial charge on any atom is -0.364 e. The Morgan fingerprint density at radius 1 is 0.576 bits per heavy atom. The van der Waals surface area contributed by atoms with Crippen LogP contribution in [0.5, 0.6) is 0 Å². The number of hydrogen-bond donors (Lipinski definition) is 0. The lowest BCUT2D eigenvalue weighted by Crippen LogP contribution is -2.27. The summed E-state index contributed by atoms with van der Waals surface area (Å²) in [4.78, 5) is 4.16. The SMILES string of the molecule is C=C(C)CN(CC(=C)C)c1ccc(C(F)(F)c2ccc(N(CC(=C)C)CC(=C)C)cc2)cc1. The second-order valence-electron chi connectivity index (χ2n) is 9.21. The summed E-state index contributed by atoms with van der Waals surface area (Å²) in [5, 5.41) is 0. The van der Waals surface area contributed by atoms with Crippen molar-refractivity contribution >= 4 is 11.4 Å². The van der Waals surface area contributed by atoms with Gasteiger partial charge in [0.15, 0.2) is 0 Å².